The molecule has 1 aliphatic heterocycles. The summed E-state index contributed by atoms with van der Waals surface area (Å²) < 4.78 is 6.93. The molecule has 3 rings (SSSR count). The van der Waals surface area contributed by atoms with Gasteiger partial charge in [-0.3, -0.25) is 4.68 Å². The molecule has 0 atom stereocenters. The first-order valence-corrected chi connectivity index (χ1v) is 9.67. The highest BCUT2D eigenvalue weighted by Crippen LogP contribution is 2.12. The van der Waals surface area contributed by atoms with E-state index in [1.807, 2.05) is 36.0 Å². The van der Waals surface area contributed by atoms with Crippen molar-refractivity contribution in [3.05, 3.63) is 53.9 Å². The van der Waals surface area contributed by atoms with Gasteiger partial charge in [-0.1, -0.05) is 24.3 Å². The van der Waals surface area contributed by atoms with Gasteiger partial charge in [0.15, 0.2) is 5.96 Å². The minimum Gasteiger partial charge on any atom is -0.450 e. The molecule has 0 spiro atoms. The molecule has 0 bridgehead atoms. The molecule has 1 saturated heterocycles. The highest BCUT2D eigenvalue weighted by molar-refractivity contribution is 14.0. The number of piperidine rings is 1. The van der Waals surface area contributed by atoms with Crippen molar-refractivity contribution in [2.24, 2.45) is 10.7 Å². The molecule has 1 aliphatic rings. The molecule has 2 aromatic rings. The molecular weight excluding hydrogens is 483 g/mol. The maximum absolute atomic E-state index is 11.7. The lowest BCUT2D eigenvalue weighted by Crippen LogP contribution is -2.48. The first kappa shape index (κ1) is 23.0. The number of likely N-dealkylation sites (tertiary alicyclic amines) is 1. The first-order valence-electron chi connectivity index (χ1n) is 9.67. The second kappa shape index (κ2) is 11.6. The molecular formula is C20H29IN6O2. The summed E-state index contributed by atoms with van der Waals surface area (Å²) in [4.78, 5) is 17.9. The van der Waals surface area contributed by atoms with Crippen molar-refractivity contribution in [3.63, 3.8) is 0 Å². The summed E-state index contributed by atoms with van der Waals surface area (Å²) in [7, 11) is 0. The van der Waals surface area contributed by atoms with Crippen LogP contribution >= 0.6 is 24.0 Å². The normalized spacial score (nSPS) is 14.9. The van der Waals surface area contributed by atoms with E-state index in [1.165, 1.54) is 5.56 Å². The number of carbonyl (C=O) groups excluding carboxylic acids is 1. The van der Waals surface area contributed by atoms with Crippen molar-refractivity contribution in [1.82, 2.24) is 20.0 Å². The molecule has 8 nitrogen and oxygen atoms in total. The molecule has 29 heavy (non-hydrogen) atoms. The van der Waals surface area contributed by atoms with E-state index in [9.17, 15) is 4.79 Å². The second-order valence-electron chi connectivity index (χ2n) is 6.83. The van der Waals surface area contributed by atoms with Crippen molar-refractivity contribution in [2.45, 2.75) is 38.9 Å². The number of guanidine groups is 1. The van der Waals surface area contributed by atoms with Gasteiger partial charge in [-0.05, 0) is 37.0 Å². The number of amides is 1. The third-order valence-corrected chi connectivity index (χ3v) is 4.70. The number of nitrogens with zero attached hydrogens (tertiary/aromatic N) is 4. The smallest absolute Gasteiger partial charge is 0.409 e. The number of hydrogen-bond acceptors (Lipinski definition) is 4. The summed E-state index contributed by atoms with van der Waals surface area (Å²) in [5.74, 6) is 0.437. The Hall–Kier alpha value is -2.30. The lowest BCUT2D eigenvalue weighted by atomic mass is 10.1. The van der Waals surface area contributed by atoms with E-state index in [0.717, 1.165) is 24.9 Å². The van der Waals surface area contributed by atoms with Crippen LogP contribution in [0.5, 0.6) is 0 Å². The van der Waals surface area contributed by atoms with Gasteiger partial charge in [0.05, 0.1) is 19.7 Å². The van der Waals surface area contributed by atoms with Crippen LogP contribution in [0.3, 0.4) is 0 Å². The van der Waals surface area contributed by atoms with E-state index in [4.69, 9.17) is 10.5 Å². The largest absolute Gasteiger partial charge is 0.450 e. The molecule has 158 valence electrons. The zero-order valence-electron chi connectivity index (χ0n) is 16.7. The van der Waals surface area contributed by atoms with Crippen molar-refractivity contribution in [1.29, 1.82) is 0 Å². The summed E-state index contributed by atoms with van der Waals surface area (Å²) in [5, 5.41) is 7.50. The lowest BCUT2D eigenvalue weighted by molar-refractivity contribution is 0.0963. The van der Waals surface area contributed by atoms with E-state index in [0.29, 0.717) is 32.2 Å². The molecule has 1 aromatic carbocycles. The lowest BCUT2D eigenvalue weighted by Gasteiger charge is -2.31. The number of benzene rings is 1. The van der Waals surface area contributed by atoms with Gasteiger partial charge in [-0.2, -0.15) is 5.10 Å². The van der Waals surface area contributed by atoms with Crippen LogP contribution in [0.4, 0.5) is 4.79 Å². The maximum Gasteiger partial charge on any atom is 0.409 e. The minimum atomic E-state index is -0.238. The predicted octanol–water partition coefficient (Wildman–Crippen LogP) is 2.57. The molecule has 3 N–H and O–H groups in total. The average Bonchev–Trinajstić information content (AvgIpc) is 3.20. The third kappa shape index (κ3) is 7.22. The van der Waals surface area contributed by atoms with E-state index in [1.54, 1.807) is 11.1 Å². The van der Waals surface area contributed by atoms with E-state index in [2.05, 4.69) is 27.5 Å². The van der Waals surface area contributed by atoms with Gasteiger partial charge in [0, 0.05) is 31.5 Å². The number of aromatic nitrogens is 2. The van der Waals surface area contributed by atoms with Crippen LogP contribution in [0.1, 0.15) is 30.9 Å². The number of ether oxygens (including phenoxy) is 1. The SMILES string of the molecule is CCOC(=O)N1CCC(NC(N)=NCc2cccc(Cn3cccn3)c2)CC1.I. The Kier molecular flexibility index (Phi) is 9.23. The van der Waals surface area contributed by atoms with Gasteiger partial charge in [0.1, 0.15) is 0 Å². The number of carbonyl (C=O) groups is 1. The molecule has 0 aliphatic carbocycles. The van der Waals surface area contributed by atoms with Gasteiger partial charge >= 0.3 is 6.09 Å². The maximum atomic E-state index is 11.7. The quantitative estimate of drug-likeness (QED) is 0.353. The van der Waals surface area contributed by atoms with E-state index >= 15 is 0 Å². The molecule has 0 radical (unpaired) electrons. The van der Waals surface area contributed by atoms with Gasteiger partial charge in [-0.15, -0.1) is 24.0 Å². The van der Waals surface area contributed by atoms with Gasteiger partial charge in [-0.25, -0.2) is 9.79 Å². The van der Waals surface area contributed by atoms with Crippen molar-refractivity contribution < 1.29 is 9.53 Å². The monoisotopic (exact) mass is 512 g/mol. The Bertz CT molecular complexity index is 788. The van der Waals surface area contributed by atoms with E-state index in [-0.39, 0.29) is 36.1 Å². The fourth-order valence-electron chi connectivity index (χ4n) is 3.26. The van der Waals surface area contributed by atoms with Crippen LogP contribution in [0, 0.1) is 0 Å². The summed E-state index contributed by atoms with van der Waals surface area (Å²) in [6, 6.07) is 10.4. The van der Waals surface area contributed by atoms with Crippen LogP contribution in [-0.2, 0) is 17.8 Å². The van der Waals surface area contributed by atoms with Crippen molar-refractivity contribution >= 4 is 36.0 Å². The summed E-state index contributed by atoms with van der Waals surface area (Å²) >= 11 is 0. The van der Waals surface area contributed by atoms with E-state index < -0.39 is 0 Å². The van der Waals surface area contributed by atoms with Crippen LogP contribution in [0.25, 0.3) is 0 Å². The molecule has 9 heteroatoms. The number of halogens is 1. The fraction of sp³-hybridized carbons (Fsp3) is 0.450. The predicted molar refractivity (Wildman–Crippen MR) is 123 cm³/mol. The average molecular weight is 512 g/mol. The molecule has 0 unspecified atom stereocenters. The highest BCUT2D eigenvalue weighted by Gasteiger charge is 2.23. The number of nitrogens with one attached hydrogen (secondary N) is 1. The number of nitrogens with two attached hydrogens (primary N) is 1. The second-order valence-corrected chi connectivity index (χ2v) is 6.83. The first-order chi connectivity index (χ1) is 13.6. The molecule has 1 amide bonds. The Balaban J connectivity index is 0.00000300. The summed E-state index contributed by atoms with van der Waals surface area (Å²) in [6.45, 7) is 4.81. The Labute approximate surface area is 188 Å². The molecule has 2 heterocycles. The van der Waals surface area contributed by atoms with Gasteiger partial charge in [0.2, 0.25) is 0 Å². The van der Waals surface area contributed by atoms with Gasteiger partial charge < -0.3 is 20.7 Å². The topological polar surface area (TPSA) is 97.8 Å². The Morgan fingerprint density at radius 2 is 2.07 bits per heavy atom. The molecule has 1 aromatic heterocycles. The van der Waals surface area contributed by atoms with Crippen LogP contribution in [0.2, 0.25) is 0 Å². The standard InChI is InChI=1S/C20H28N6O2.HI/c1-2-28-20(27)25-11-7-18(8-12-25)24-19(21)22-14-16-5-3-6-17(13-16)15-26-10-4-9-23-26;/h3-6,9-10,13,18H,2,7-8,11-12,14-15H2,1H3,(H3,21,22,24);1H. The Morgan fingerprint density at radius 3 is 2.76 bits per heavy atom. The van der Waals surface area contributed by atoms with Gasteiger partial charge in [0.25, 0.3) is 0 Å². The summed E-state index contributed by atoms with van der Waals surface area (Å²) in [5.41, 5.74) is 8.34. The van der Waals surface area contributed by atoms with Crippen LogP contribution < -0.4 is 11.1 Å². The number of rotatable bonds is 6. The summed E-state index contributed by atoms with van der Waals surface area (Å²) in [6.07, 6.45) is 5.14. The zero-order valence-corrected chi connectivity index (χ0v) is 19.0. The zero-order chi connectivity index (χ0) is 19.8. The minimum absolute atomic E-state index is 0. The van der Waals surface area contributed by atoms with Crippen LogP contribution in [0.15, 0.2) is 47.7 Å². The third-order valence-electron chi connectivity index (χ3n) is 4.70. The molecule has 0 saturated carbocycles. The highest BCUT2D eigenvalue weighted by atomic mass is 127. The number of aliphatic imine (C=N–C) groups is 1. The number of hydrogen-bond donors (Lipinski definition) is 2. The van der Waals surface area contributed by atoms with Crippen molar-refractivity contribution in [3.8, 4) is 0 Å². The van der Waals surface area contributed by atoms with Crippen LogP contribution in [-0.4, -0.2) is 52.5 Å². The molecule has 1 fully saturated rings. The Morgan fingerprint density at radius 1 is 1.31 bits per heavy atom. The van der Waals surface area contributed by atoms with Crippen molar-refractivity contribution in [2.75, 3.05) is 19.7 Å². The fourth-order valence-corrected chi connectivity index (χ4v) is 3.26.